The van der Waals surface area contributed by atoms with Crippen molar-refractivity contribution in [1.29, 1.82) is 0 Å². The van der Waals surface area contributed by atoms with Crippen LogP contribution < -0.4 is 0 Å². The summed E-state index contributed by atoms with van der Waals surface area (Å²) in [4.78, 5) is 11.8. The SMILES string of the molecule is CCCCCCCCCCOC(=O)CCCCCCCC1OC1CCCCCCCC. The van der Waals surface area contributed by atoms with Crippen molar-refractivity contribution in [2.24, 2.45) is 0 Å². The molecule has 0 amide bonds. The Labute approximate surface area is 194 Å². The van der Waals surface area contributed by atoms with E-state index >= 15 is 0 Å². The second kappa shape index (κ2) is 21.3. The minimum Gasteiger partial charge on any atom is -0.466 e. The summed E-state index contributed by atoms with van der Waals surface area (Å²) < 4.78 is 11.2. The molecule has 0 saturated carbocycles. The first kappa shape index (κ1) is 28.5. The van der Waals surface area contributed by atoms with Gasteiger partial charge in [0.05, 0.1) is 18.8 Å². The van der Waals surface area contributed by atoms with Crippen molar-refractivity contribution in [1.82, 2.24) is 0 Å². The molecule has 0 aliphatic carbocycles. The minimum atomic E-state index is 0.00635. The molecule has 0 aromatic heterocycles. The topological polar surface area (TPSA) is 38.8 Å². The van der Waals surface area contributed by atoms with Crippen LogP contribution >= 0.6 is 0 Å². The molecule has 3 nitrogen and oxygen atoms in total. The van der Waals surface area contributed by atoms with Crippen LogP contribution in [0.25, 0.3) is 0 Å². The summed E-state index contributed by atoms with van der Waals surface area (Å²) in [5.41, 5.74) is 0. The van der Waals surface area contributed by atoms with E-state index in [2.05, 4.69) is 13.8 Å². The Morgan fingerprint density at radius 1 is 0.581 bits per heavy atom. The van der Waals surface area contributed by atoms with Gasteiger partial charge in [-0.15, -0.1) is 0 Å². The highest BCUT2D eigenvalue weighted by Gasteiger charge is 2.36. The molecule has 0 bridgehead atoms. The fourth-order valence-electron chi connectivity index (χ4n) is 4.45. The maximum Gasteiger partial charge on any atom is 0.305 e. The Morgan fingerprint density at radius 3 is 1.52 bits per heavy atom. The summed E-state index contributed by atoms with van der Waals surface area (Å²) in [7, 11) is 0. The second-order valence-corrected chi connectivity index (χ2v) is 9.77. The van der Waals surface area contributed by atoms with E-state index in [9.17, 15) is 4.79 Å². The molecule has 3 heteroatoms. The van der Waals surface area contributed by atoms with Crippen molar-refractivity contribution in [3.63, 3.8) is 0 Å². The summed E-state index contributed by atoms with van der Waals surface area (Å²) >= 11 is 0. The number of carbonyl (C=O) groups is 1. The Balaban J connectivity index is 1.74. The van der Waals surface area contributed by atoms with Crippen molar-refractivity contribution in [2.45, 2.75) is 167 Å². The predicted molar refractivity (Wildman–Crippen MR) is 133 cm³/mol. The van der Waals surface area contributed by atoms with E-state index in [0.29, 0.717) is 25.2 Å². The van der Waals surface area contributed by atoms with Crippen LogP contribution in [-0.2, 0) is 14.3 Å². The van der Waals surface area contributed by atoms with Crippen molar-refractivity contribution in [2.75, 3.05) is 6.61 Å². The monoisotopic (exact) mass is 438 g/mol. The first-order chi connectivity index (χ1) is 15.3. The zero-order valence-corrected chi connectivity index (χ0v) is 21.1. The van der Waals surface area contributed by atoms with Crippen LogP contribution in [0.2, 0.25) is 0 Å². The molecule has 2 atom stereocenters. The highest BCUT2D eigenvalue weighted by molar-refractivity contribution is 5.69. The summed E-state index contributed by atoms with van der Waals surface area (Å²) in [6.07, 6.45) is 28.7. The summed E-state index contributed by atoms with van der Waals surface area (Å²) in [5.74, 6) is 0.00635. The molecule has 1 heterocycles. The molecule has 1 aliphatic rings. The lowest BCUT2D eigenvalue weighted by Gasteiger charge is -2.05. The average Bonchev–Trinajstić information content (AvgIpc) is 3.52. The van der Waals surface area contributed by atoms with E-state index in [4.69, 9.17) is 9.47 Å². The van der Waals surface area contributed by atoms with Gasteiger partial charge in [-0.05, 0) is 25.7 Å². The van der Waals surface area contributed by atoms with Crippen molar-refractivity contribution >= 4 is 5.97 Å². The molecule has 184 valence electrons. The van der Waals surface area contributed by atoms with Crippen molar-refractivity contribution < 1.29 is 14.3 Å². The van der Waals surface area contributed by atoms with Gasteiger partial charge in [-0.3, -0.25) is 4.79 Å². The Bertz CT molecular complexity index is 396. The van der Waals surface area contributed by atoms with Gasteiger partial charge >= 0.3 is 5.97 Å². The number of unbranched alkanes of at least 4 members (excludes halogenated alkanes) is 16. The van der Waals surface area contributed by atoms with Crippen LogP contribution in [0, 0.1) is 0 Å². The maximum atomic E-state index is 11.8. The third-order valence-corrected chi connectivity index (χ3v) is 6.66. The molecule has 1 rings (SSSR count). The van der Waals surface area contributed by atoms with Crippen LogP contribution in [-0.4, -0.2) is 24.8 Å². The lowest BCUT2D eigenvalue weighted by atomic mass is 10.0. The number of rotatable bonds is 24. The molecule has 2 unspecified atom stereocenters. The van der Waals surface area contributed by atoms with Gasteiger partial charge in [0.1, 0.15) is 0 Å². The Kier molecular flexibility index (Phi) is 19.5. The third-order valence-electron chi connectivity index (χ3n) is 6.66. The van der Waals surface area contributed by atoms with Gasteiger partial charge in [0.25, 0.3) is 0 Å². The van der Waals surface area contributed by atoms with Crippen molar-refractivity contribution in [3.8, 4) is 0 Å². The average molecular weight is 439 g/mol. The predicted octanol–water partition coefficient (Wildman–Crippen LogP) is 8.92. The zero-order chi connectivity index (χ0) is 22.4. The molecular weight excluding hydrogens is 384 g/mol. The first-order valence-electron chi connectivity index (χ1n) is 14.1. The van der Waals surface area contributed by atoms with Gasteiger partial charge in [0.15, 0.2) is 0 Å². The molecule has 1 saturated heterocycles. The van der Waals surface area contributed by atoms with Gasteiger partial charge in [0, 0.05) is 6.42 Å². The zero-order valence-electron chi connectivity index (χ0n) is 21.1. The van der Waals surface area contributed by atoms with E-state index < -0.39 is 0 Å². The number of esters is 1. The summed E-state index contributed by atoms with van der Waals surface area (Å²) in [6, 6.07) is 0. The molecule has 1 fully saturated rings. The molecule has 31 heavy (non-hydrogen) atoms. The van der Waals surface area contributed by atoms with Gasteiger partial charge in [0.2, 0.25) is 0 Å². The van der Waals surface area contributed by atoms with Crippen LogP contribution in [0.1, 0.15) is 155 Å². The van der Waals surface area contributed by atoms with E-state index in [-0.39, 0.29) is 5.97 Å². The highest BCUT2D eigenvalue weighted by Crippen LogP contribution is 2.31. The number of hydrogen-bond acceptors (Lipinski definition) is 3. The number of hydrogen-bond donors (Lipinski definition) is 0. The quantitative estimate of drug-likeness (QED) is 0.0857. The number of carbonyl (C=O) groups excluding carboxylic acids is 1. The summed E-state index contributed by atoms with van der Waals surface area (Å²) in [6.45, 7) is 5.15. The largest absolute Gasteiger partial charge is 0.466 e. The van der Waals surface area contributed by atoms with E-state index in [1.807, 2.05) is 0 Å². The smallest absolute Gasteiger partial charge is 0.305 e. The fourth-order valence-corrected chi connectivity index (χ4v) is 4.45. The maximum absolute atomic E-state index is 11.8. The Morgan fingerprint density at radius 2 is 1.00 bits per heavy atom. The molecule has 1 aliphatic heterocycles. The van der Waals surface area contributed by atoms with E-state index in [1.54, 1.807) is 0 Å². The summed E-state index contributed by atoms with van der Waals surface area (Å²) in [5, 5.41) is 0. The van der Waals surface area contributed by atoms with Crippen LogP contribution in [0.3, 0.4) is 0 Å². The highest BCUT2D eigenvalue weighted by atomic mass is 16.6. The molecule has 0 aromatic carbocycles. The third kappa shape index (κ3) is 18.7. The Hall–Kier alpha value is -0.570. The normalized spacial score (nSPS) is 17.7. The molecule has 0 N–H and O–H groups in total. The van der Waals surface area contributed by atoms with Crippen LogP contribution in [0.5, 0.6) is 0 Å². The first-order valence-corrected chi connectivity index (χ1v) is 14.1. The van der Waals surface area contributed by atoms with E-state index in [0.717, 1.165) is 19.3 Å². The number of epoxide rings is 1. The lowest BCUT2D eigenvalue weighted by Crippen LogP contribution is -2.05. The van der Waals surface area contributed by atoms with Gasteiger partial charge < -0.3 is 9.47 Å². The van der Waals surface area contributed by atoms with Crippen LogP contribution in [0.4, 0.5) is 0 Å². The fraction of sp³-hybridized carbons (Fsp3) is 0.964. The van der Waals surface area contributed by atoms with Gasteiger partial charge in [-0.2, -0.15) is 0 Å². The second-order valence-electron chi connectivity index (χ2n) is 9.77. The molecule has 0 aromatic rings. The molecule has 0 radical (unpaired) electrons. The molecular formula is C28H54O3. The van der Waals surface area contributed by atoms with Gasteiger partial charge in [-0.25, -0.2) is 0 Å². The van der Waals surface area contributed by atoms with Gasteiger partial charge in [-0.1, -0.05) is 123 Å². The number of ether oxygens (including phenoxy) is 2. The molecule has 0 spiro atoms. The standard InChI is InChI=1S/C28H54O3/c1-3-5-7-9-11-12-17-21-25-30-28(29)24-20-16-13-15-19-23-27-26(31-27)22-18-14-10-8-6-4-2/h26-27H,3-25H2,1-2H3. The van der Waals surface area contributed by atoms with Crippen LogP contribution in [0.15, 0.2) is 0 Å². The lowest BCUT2D eigenvalue weighted by molar-refractivity contribution is -0.143. The van der Waals surface area contributed by atoms with Crippen molar-refractivity contribution in [3.05, 3.63) is 0 Å². The minimum absolute atomic E-state index is 0.00635. The van der Waals surface area contributed by atoms with E-state index in [1.165, 1.54) is 116 Å².